The Morgan fingerprint density at radius 1 is 1.25 bits per heavy atom. The Morgan fingerprint density at radius 3 is 2.81 bits per heavy atom. The van der Waals surface area contributed by atoms with Gasteiger partial charge in [0, 0.05) is 18.6 Å². The fourth-order valence-corrected chi connectivity index (χ4v) is 3.12. The highest BCUT2D eigenvalue weighted by atomic mass is 16.5. The zero-order valence-electron chi connectivity index (χ0n) is 10.6. The van der Waals surface area contributed by atoms with Crippen LogP contribution in [-0.4, -0.2) is 50.3 Å². The molecule has 0 amide bonds. The first-order chi connectivity index (χ1) is 7.92. The van der Waals surface area contributed by atoms with Crippen LogP contribution < -0.4 is 5.32 Å². The number of nitrogens with one attached hydrogen (secondary N) is 1. The minimum absolute atomic E-state index is 0.657. The van der Waals surface area contributed by atoms with Crippen molar-refractivity contribution in [3.8, 4) is 0 Å². The smallest absolute Gasteiger partial charge is 0.0623 e. The van der Waals surface area contributed by atoms with Gasteiger partial charge in [-0.3, -0.25) is 4.90 Å². The van der Waals surface area contributed by atoms with Gasteiger partial charge in [-0.2, -0.15) is 0 Å². The topological polar surface area (TPSA) is 24.5 Å². The molecule has 1 N–H and O–H groups in total. The lowest BCUT2D eigenvalue weighted by molar-refractivity contribution is -0.0382. The number of hydrogen-bond acceptors (Lipinski definition) is 3. The summed E-state index contributed by atoms with van der Waals surface area (Å²) in [6.07, 6.45) is 8.36. The number of rotatable bonds is 4. The van der Waals surface area contributed by atoms with Gasteiger partial charge in [0.15, 0.2) is 0 Å². The zero-order chi connectivity index (χ0) is 11.2. The first-order valence-electron chi connectivity index (χ1n) is 6.90. The fourth-order valence-electron chi connectivity index (χ4n) is 3.12. The van der Waals surface area contributed by atoms with Crippen LogP contribution in [0.4, 0.5) is 0 Å². The summed E-state index contributed by atoms with van der Waals surface area (Å²) in [6, 6.07) is 1.50. The van der Waals surface area contributed by atoms with E-state index in [0.717, 1.165) is 32.3 Å². The van der Waals surface area contributed by atoms with Gasteiger partial charge in [-0.15, -0.1) is 0 Å². The Balaban J connectivity index is 1.86. The summed E-state index contributed by atoms with van der Waals surface area (Å²) in [5.41, 5.74) is 0. The molecule has 0 aromatic carbocycles. The van der Waals surface area contributed by atoms with E-state index in [9.17, 15) is 0 Å². The number of hydrogen-bond donors (Lipinski definition) is 1. The second-order valence-corrected chi connectivity index (χ2v) is 5.15. The summed E-state index contributed by atoms with van der Waals surface area (Å²) in [4.78, 5) is 2.74. The molecule has 0 aromatic heterocycles. The minimum Gasteiger partial charge on any atom is -0.378 e. The molecular formula is C13H26N2O. The van der Waals surface area contributed by atoms with Crippen LogP contribution in [0.25, 0.3) is 0 Å². The molecule has 0 spiro atoms. The predicted molar refractivity (Wildman–Crippen MR) is 66.7 cm³/mol. The molecule has 16 heavy (non-hydrogen) atoms. The molecule has 2 fully saturated rings. The van der Waals surface area contributed by atoms with Crippen molar-refractivity contribution in [3.05, 3.63) is 0 Å². The molecular weight excluding hydrogens is 200 g/mol. The van der Waals surface area contributed by atoms with Crippen molar-refractivity contribution in [2.75, 3.05) is 33.4 Å². The van der Waals surface area contributed by atoms with E-state index < -0.39 is 0 Å². The third-order valence-corrected chi connectivity index (χ3v) is 4.04. The molecule has 1 saturated carbocycles. The van der Waals surface area contributed by atoms with Crippen LogP contribution in [0.5, 0.6) is 0 Å². The molecule has 3 nitrogen and oxygen atoms in total. The van der Waals surface area contributed by atoms with Crippen molar-refractivity contribution in [3.63, 3.8) is 0 Å². The van der Waals surface area contributed by atoms with Crippen LogP contribution >= 0.6 is 0 Å². The lowest BCUT2D eigenvalue weighted by Gasteiger charge is -2.42. The van der Waals surface area contributed by atoms with Gasteiger partial charge < -0.3 is 10.1 Å². The van der Waals surface area contributed by atoms with Gasteiger partial charge in [0.25, 0.3) is 0 Å². The molecule has 1 aliphatic carbocycles. The quantitative estimate of drug-likeness (QED) is 0.788. The number of nitrogens with zero attached hydrogens (tertiary/aromatic N) is 1. The maximum atomic E-state index is 5.63. The van der Waals surface area contributed by atoms with Gasteiger partial charge >= 0.3 is 0 Å². The molecule has 1 atom stereocenters. The molecule has 2 aliphatic rings. The average molecular weight is 226 g/mol. The van der Waals surface area contributed by atoms with Crippen molar-refractivity contribution < 1.29 is 4.74 Å². The molecule has 0 bridgehead atoms. The lowest BCUT2D eigenvalue weighted by Crippen LogP contribution is -2.52. The summed E-state index contributed by atoms with van der Waals surface area (Å²) in [5, 5.41) is 3.26. The van der Waals surface area contributed by atoms with E-state index >= 15 is 0 Å². The highest BCUT2D eigenvalue weighted by molar-refractivity contribution is 4.84. The van der Waals surface area contributed by atoms with E-state index in [1.54, 1.807) is 0 Å². The van der Waals surface area contributed by atoms with Crippen molar-refractivity contribution in [1.29, 1.82) is 0 Å². The molecule has 1 aliphatic heterocycles. The van der Waals surface area contributed by atoms with E-state index in [-0.39, 0.29) is 0 Å². The summed E-state index contributed by atoms with van der Waals surface area (Å²) in [6.45, 7) is 4.14. The third kappa shape index (κ3) is 3.19. The van der Waals surface area contributed by atoms with Gasteiger partial charge in [-0.1, -0.05) is 19.3 Å². The van der Waals surface area contributed by atoms with E-state index in [1.807, 2.05) is 7.05 Å². The molecule has 3 heteroatoms. The lowest BCUT2D eigenvalue weighted by atomic mass is 9.92. The Hall–Kier alpha value is -0.120. The standard InChI is InChI=1S/C13H26N2O/c1-14-8-7-13-11-16-10-9-15(13)12-5-3-2-4-6-12/h12-14H,2-11H2,1H3. The summed E-state index contributed by atoms with van der Waals surface area (Å²) in [7, 11) is 2.04. The number of morpholine rings is 1. The Bertz CT molecular complexity index is 192. The molecule has 1 heterocycles. The second-order valence-electron chi connectivity index (χ2n) is 5.15. The first-order valence-corrected chi connectivity index (χ1v) is 6.90. The van der Waals surface area contributed by atoms with E-state index in [1.165, 1.54) is 38.5 Å². The van der Waals surface area contributed by atoms with E-state index in [4.69, 9.17) is 4.74 Å². The maximum Gasteiger partial charge on any atom is 0.0623 e. The Labute approximate surface area is 99.5 Å². The largest absolute Gasteiger partial charge is 0.378 e. The van der Waals surface area contributed by atoms with Crippen molar-refractivity contribution >= 4 is 0 Å². The highest BCUT2D eigenvalue weighted by Gasteiger charge is 2.29. The zero-order valence-corrected chi connectivity index (χ0v) is 10.6. The number of ether oxygens (including phenoxy) is 1. The van der Waals surface area contributed by atoms with Crippen LogP contribution in [0.1, 0.15) is 38.5 Å². The SMILES string of the molecule is CNCCC1COCCN1C1CCCCC1. The van der Waals surface area contributed by atoms with Crippen molar-refractivity contribution in [2.24, 2.45) is 0 Å². The molecule has 1 unspecified atom stereocenters. The molecule has 0 radical (unpaired) electrons. The maximum absolute atomic E-state index is 5.63. The van der Waals surface area contributed by atoms with Gasteiger partial charge in [0.1, 0.15) is 0 Å². The summed E-state index contributed by atoms with van der Waals surface area (Å²) in [5.74, 6) is 0. The third-order valence-electron chi connectivity index (χ3n) is 4.04. The minimum atomic E-state index is 0.657. The van der Waals surface area contributed by atoms with Crippen molar-refractivity contribution in [1.82, 2.24) is 10.2 Å². The van der Waals surface area contributed by atoms with E-state index in [0.29, 0.717) is 6.04 Å². The van der Waals surface area contributed by atoms with Gasteiger partial charge in [0.2, 0.25) is 0 Å². The van der Waals surface area contributed by atoms with Gasteiger partial charge in [-0.25, -0.2) is 0 Å². The fraction of sp³-hybridized carbons (Fsp3) is 1.00. The molecule has 0 aromatic rings. The molecule has 94 valence electrons. The Kier molecular flexibility index (Phi) is 5.07. The second kappa shape index (κ2) is 6.58. The predicted octanol–water partition coefficient (Wildman–Crippen LogP) is 1.63. The summed E-state index contributed by atoms with van der Waals surface area (Å²) < 4.78 is 5.63. The van der Waals surface area contributed by atoms with Gasteiger partial charge in [-0.05, 0) is 32.9 Å². The average Bonchev–Trinajstić information content (AvgIpc) is 2.38. The normalized spacial score (nSPS) is 29.4. The Morgan fingerprint density at radius 2 is 2.06 bits per heavy atom. The first kappa shape index (κ1) is 12.3. The highest BCUT2D eigenvalue weighted by Crippen LogP contribution is 2.26. The molecule has 1 saturated heterocycles. The van der Waals surface area contributed by atoms with Crippen LogP contribution in [0.3, 0.4) is 0 Å². The monoisotopic (exact) mass is 226 g/mol. The summed E-state index contributed by atoms with van der Waals surface area (Å²) >= 11 is 0. The van der Waals surface area contributed by atoms with Crippen LogP contribution in [0.2, 0.25) is 0 Å². The van der Waals surface area contributed by atoms with Crippen LogP contribution in [0, 0.1) is 0 Å². The van der Waals surface area contributed by atoms with Crippen molar-refractivity contribution in [2.45, 2.75) is 50.6 Å². The van der Waals surface area contributed by atoms with E-state index in [2.05, 4.69) is 10.2 Å². The molecule has 2 rings (SSSR count). The van der Waals surface area contributed by atoms with Crippen LogP contribution in [0.15, 0.2) is 0 Å². The van der Waals surface area contributed by atoms with Gasteiger partial charge in [0.05, 0.1) is 13.2 Å². The van der Waals surface area contributed by atoms with Crippen LogP contribution in [-0.2, 0) is 4.74 Å².